The van der Waals surface area contributed by atoms with Gasteiger partial charge in [0.25, 0.3) is 5.78 Å². The molecule has 2 heterocycles. The fourth-order valence-corrected chi connectivity index (χ4v) is 0.854. The van der Waals surface area contributed by atoms with Gasteiger partial charge in [0.05, 0.1) is 0 Å². The lowest BCUT2D eigenvalue weighted by Crippen LogP contribution is -2.02. The number of rotatable bonds is 0. The summed E-state index contributed by atoms with van der Waals surface area (Å²) in [5, 5.41) is 3.82. The monoisotopic (exact) mass is 150 g/mol. The van der Waals surface area contributed by atoms with Crippen LogP contribution in [-0.2, 0) is 0 Å². The number of nitrogen functional groups attached to an aromatic ring is 2. The molecule has 11 heavy (non-hydrogen) atoms. The minimum atomic E-state index is 0.350. The maximum absolute atomic E-state index is 5.54. The van der Waals surface area contributed by atoms with Gasteiger partial charge in [-0.15, -0.1) is 0 Å². The number of hydrogen-bond donors (Lipinski definition) is 2. The highest BCUT2D eigenvalue weighted by molar-refractivity contribution is 5.48. The zero-order valence-electron chi connectivity index (χ0n) is 5.60. The van der Waals surface area contributed by atoms with Crippen molar-refractivity contribution < 1.29 is 0 Å². The summed E-state index contributed by atoms with van der Waals surface area (Å²) in [4.78, 5) is 7.70. The third-order valence-electron chi connectivity index (χ3n) is 1.30. The summed E-state index contributed by atoms with van der Waals surface area (Å²) in [5.41, 5.74) is 11.0. The Morgan fingerprint density at radius 2 is 2.18 bits per heavy atom. The summed E-state index contributed by atoms with van der Waals surface area (Å²) in [6.07, 6.45) is 1.37. The van der Waals surface area contributed by atoms with E-state index >= 15 is 0 Å². The van der Waals surface area contributed by atoms with Crippen LogP contribution in [-0.4, -0.2) is 19.6 Å². The molecular formula is C5H6N6. The summed E-state index contributed by atoms with van der Waals surface area (Å²) in [6, 6.07) is 1.53. The van der Waals surface area contributed by atoms with E-state index in [0.29, 0.717) is 17.4 Å². The molecule has 0 aliphatic carbocycles. The smallest absolute Gasteiger partial charge is 0.256 e. The summed E-state index contributed by atoms with van der Waals surface area (Å²) in [7, 11) is 0. The number of aromatic nitrogens is 4. The summed E-state index contributed by atoms with van der Waals surface area (Å²) in [6.45, 7) is 0. The standard InChI is InChI=1S/C5H6N6/c6-3-1-4(7)11-5(10-3)8-2-9-11/h1-2H,7H2,(H2,6,8,9,10). The van der Waals surface area contributed by atoms with Gasteiger partial charge in [0.2, 0.25) is 0 Å². The van der Waals surface area contributed by atoms with E-state index in [4.69, 9.17) is 11.5 Å². The minimum Gasteiger partial charge on any atom is -0.383 e. The van der Waals surface area contributed by atoms with Crippen LogP contribution in [0.2, 0.25) is 0 Å². The second-order valence-electron chi connectivity index (χ2n) is 2.08. The Balaban J connectivity index is 2.91. The van der Waals surface area contributed by atoms with Gasteiger partial charge in [0.15, 0.2) is 0 Å². The zero-order chi connectivity index (χ0) is 7.84. The lowest BCUT2D eigenvalue weighted by Gasteiger charge is -1.96. The molecule has 0 amide bonds. The van der Waals surface area contributed by atoms with Crippen LogP contribution in [0.5, 0.6) is 0 Å². The Morgan fingerprint density at radius 1 is 1.36 bits per heavy atom. The van der Waals surface area contributed by atoms with Crippen molar-refractivity contribution in [2.24, 2.45) is 0 Å². The zero-order valence-corrected chi connectivity index (χ0v) is 5.60. The first kappa shape index (κ1) is 5.90. The highest BCUT2D eigenvalue weighted by Gasteiger charge is 2.00. The van der Waals surface area contributed by atoms with Gasteiger partial charge in [-0.2, -0.15) is 19.6 Å². The topological polar surface area (TPSA) is 95.1 Å². The van der Waals surface area contributed by atoms with Crippen LogP contribution < -0.4 is 11.5 Å². The molecule has 0 unspecified atom stereocenters. The van der Waals surface area contributed by atoms with Gasteiger partial charge < -0.3 is 11.5 Å². The van der Waals surface area contributed by atoms with Crippen LogP contribution in [0, 0.1) is 0 Å². The molecule has 0 aromatic carbocycles. The molecule has 0 atom stereocenters. The van der Waals surface area contributed by atoms with Crippen LogP contribution >= 0.6 is 0 Å². The van der Waals surface area contributed by atoms with Crippen LogP contribution in [0.4, 0.5) is 11.6 Å². The summed E-state index contributed by atoms with van der Waals surface area (Å²) < 4.78 is 1.41. The average Bonchev–Trinajstić information content (AvgIpc) is 2.34. The Morgan fingerprint density at radius 3 is 3.00 bits per heavy atom. The molecule has 4 N–H and O–H groups in total. The Bertz CT molecular complexity index is 391. The molecule has 2 aromatic rings. The lowest BCUT2D eigenvalue weighted by molar-refractivity contribution is 0.954. The normalized spacial score (nSPS) is 10.5. The van der Waals surface area contributed by atoms with E-state index in [2.05, 4.69) is 15.1 Å². The van der Waals surface area contributed by atoms with E-state index in [1.54, 1.807) is 0 Å². The summed E-state index contributed by atoms with van der Waals surface area (Å²) >= 11 is 0. The number of hydrogen-bond acceptors (Lipinski definition) is 5. The highest BCUT2D eigenvalue weighted by atomic mass is 15.3. The van der Waals surface area contributed by atoms with E-state index in [1.165, 1.54) is 16.9 Å². The van der Waals surface area contributed by atoms with Gasteiger partial charge in [-0.3, -0.25) is 0 Å². The summed E-state index contributed by atoms with van der Waals surface area (Å²) in [5.74, 6) is 1.20. The van der Waals surface area contributed by atoms with Gasteiger partial charge in [-0.1, -0.05) is 0 Å². The largest absolute Gasteiger partial charge is 0.383 e. The van der Waals surface area contributed by atoms with Crippen molar-refractivity contribution in [1.82, 2.24) is 19.6 Å². The average molecular weight is 150 g/mol. The van der Waals surface area contributed by atoms with Crippen molar-refractivity contribution in [3.63, 3.8) is 0 Å². The number of anilines is 2. The molecule has 0 aliphatic heterocycles. The van der Waals surface area contributed by atoms with E-state index in [0.717, 1.165) is 0 Å². The second kappa shape index (κ2) is 1.82. The fraction of sp³-hybridized carbons (Fsp3) is 0. The third kappa shape index (κ3) is 0.759. The molecule has 0 bridgehead atoms. The van der Waals surface area contributed by atoms with Crippen LogP contribution in [0.15, 0.2) is 12.4 Å². The molecule has 0 radical (unpaired) electrons. The van der Waals surface area contributed by atoms with Gasteiger partial charge >= 0.3 is 0 Å². The molecule has 6 nitrogen and oxygen atoms in total. The first-order valence-electron chi connectivity index (χ1n) is 2.99. The SMILES string of the molecule is Nc1cc(N)n2ncnc2n1. The van der Waals surface area contributed by atoms with Gasteiger partial charge in [-0.05, 0) is 0 Å². The van der Waals surface area contributed by atoms with Crippen molar-refractivity contribution in [2.45, 2.75) is 0 Å². The maximum Gasteiger partial charge on any atom is 0.256 e. The minimum absolute atomic E-state index is 0.350. The fourth-order valence-electron chi connectivity index (χ4n) is 0.854. The first-order valence-corrected chi connectivity index (χ1v) is 2.99. The molecule has 6 heteroatoms. The van der Waals surface area contributed by atoms with Crippen molar-refractivity contribution >= 4 is 17.4 Å². The molecule has 2 rings (SSSR count). The quantitative estimate of drug-likeness (QED) is 0.517. The first-order chi connectivity index (χ1) is 5.27. The van der Waals surface area contributed by atoms with Crippen molar-refractivity contribution in [3.8, 4) is 0 Å². The molecule has 0 saturated carbocycles. The number of nitrogens with zero attached hydrogens (tertiary/aromatic N) is 4. The van der Waals surface area contributed by atoms with E-state index in [9.17, 15) is 0 Å². The van der Waals surface area contributed by atoms with E-state index in [-0.39, 0.29) is 0 Å². The van der Waals surface area contributed by atoms with Crippen molar-refractivity contribution in [2.75, 3.05) is 11.5 Å². The number of fused-ring (bicyclic) bond motifs is 1. The van der Waals surface area contributed by atoms with Gasteiger partial charge in [-0.25, -0.2) is 0 Å². The predicted molar refractivity (Wildman–Crippen MR) is 39.6 cm³/mol. The Kier molecular flexibility index (Phi) is 0.974. The van der Waals surface area contributed by atoms with Crippen LogP contribution in [0.25, 0.3) is 5.78 Å². The molecule has 0 spiro atoms. The lowest BCUT2D eigenvalue weighted by atomic mass is 10.5. The van der Waals surface area contributed by atoms with E-state index in [1.807, 2.05) is 0 Å². The maximum atomic E-state index is 5.54. The van der Waals surface area contributed by atoms with Gasteiger partial charge in [0, 0.05) is 6.07 Å². The van der Waals surface area contributed by atoms with Crippen molar-refractivity contribution in [1.29, 1.82) is 0 Å². The molecule has 2 aromatic heterocycles. The second-order valence-corrected chi connectivity index (χ2v) is 2.08. The number of nitrogens with two attached hydrogens (primary N) is 2. The van der Waals surface area contributed by atoms with Crippen LogP contribution in [0.3, 0.4) is 0 Å². The highest BCUT2D eigenvalue weighted by Crippen LogP contribution is 2.06. The molecule has 0 fully saturated rings. The Labute approximate surface area is 61.9 Å². The molecule has 56 valence electrons. The van der Waals surface area contributed by atoms with Crippen molar-refractivity contribution in [3.05, 3.63) is 12.4 Å². The van der Waals surface area contributed by atoms with Gasteiger partial charge in [0.1, 0.15) is 18.0 Å². The Hall–Kier alpha value is -1.85. The predicted octanol–water partition coefficient (Wildman–Crippen LogP) is -0.711. The third-order valence-corrected chi connectivity index (χ3v) is 1.30. The van der Waals surface area contributed by atoms with Crippen LogP contribution in [0.1, 0.15) is 0 Å². The molecular weight excluding hydrogens is 144 g/mol. The van der Waals surface area contributed by atoms with E-state index < -0.39 is 0 Å². The molecule has 0 saturated heterocycles. The molecule has 0 aliphatic rings.